The lowest BCUT2D eigenvalue weighted by Gasteiger charge is -2.05. The third kappa shape index (κ3) is 4.17. The van der Waals surface area contributed by atoms with Gasteiger partial charge in [-0.1, -0.05) is 24.3 Å². The van der Waals surface area contributed by atoms with E-state index in [2.05, 4.69) is 10.4 Å². The van der Waals surface area contributed by atoms with Crippen LogP contribution in [0, 0.1) is 25.2 Å². The van der Waals surface area contributed by atoms with Crippen molar-refractivity contribution in [1.82, 2.24) is 9.78 Å². The highest BCUT2D eigenvalue weighted by molar-refractivity contribution is 7.13. The van der Waals surface area contributed by atoms with Crippen LogP contribution in [0.4, 0.5) is 5.88 Å². The summed E-state index contributed by atoms with van der Waals surface area (Å²) in [6.45, 7) is 2.88. The molecule has 0 saturated heterocycles. The van der Waals surface area contributed by atoms with Crippen molar-refractivity contribution in [1.29, 1.82) is 5.26 Å². The van der Waals surface area contributed by atoms with E-state index < -0.39 is 18.5 Å². The highest BCUT2D eigenvalue weighted by atomic mass is 32.1. The zero-order valence-corrected chi connectivity index (χ0v) is 18.1. The molecule has 0 bridgehead atoms. The van der Waals surface area contributed by atoms with Crippen LogP contribution in [0.25, 0.3) is 16.3 Å². The number of aryl methyl sites for hydroxylation is 1. The van der Waals surface area contributed by atoms with Gasteiger partial charge in [-0.25, -0.2) is 9.48 Å². The fraction of sp³-hybridized carbons (Fsp3) is 0.130. The molecule has 4 rings (SSSR count). The second-order valence-electron chi connectivity index (χ2n) is 6.87. The van der Waals surface area contributed by atoms with Gasteiger partial charge >= 0.3 is 5.97 Å². The Bertz CT molecular complexity index is 1310. The van der Waals surface area contributed by atoms with E-state index in [1.807, 2.05) is 53.9 Å². The molecule has 0 unspecified atom stereocenters. The molecule has 3 aromatic heterocycles. The number of carbonyl (C=O) groups is 2. The number of amides is 1. The van der Waals surface area contributed by atoms with Crippen molar-refractivity contribution < 1.29 is 18.7 Å². The minimum absolute atomic E-state index is 0.0414. The summed E-state index contributed by atoms with van der Waals surface area (Å²) in [5.41, 5.74) is 2.39. The van der Waals surface area contributed by atoms with E-state index in [4.69, 9.17) is 9.15 Å². The number of furan rings is 1. The molecular formula is C23H18N4O4S. The van der Waals surface area contributed by atoms with Gasteiger partial charge in [0.05, 0.1) is 10.6 Å². The van der Waals surface area contributed by atoms with Crippen LogP contribution in [0.2, 0.25) is 0 Å². The molecule has 1 N–H and O–H groups in total. The maximum atomic E-state index is 12.8. The number of thiophene rings is 1. The topological polar surface area (TPSA) is 110 Å². The summed E-state index contributed by atoms with van der Waals surface area (Å²) in [6.07, 6.45) is 1.58. The van der Waals surface area contributed by atoms with Gasteiger partial charge in [0.1, 0.15) is 28.7 Å². The fourth-order valence-electron chi connectivity index (χ4n) is 3.05. The van der Waals surface area contributed by atoms with Gasteiger partial charge in [-0.05, 0) is 37.4 Å². The number of benzene rings is 1. The summed E-state index contributed by atoms with van der Waals surface area (Å²) < 4.78 is 12.2. The average molecular weight is 446 g/mol. The van der Waals surface area contributed by atoms with Crippen molar-refractivity contribution in [3.8, 4) is 22.3 Å². The smallest absolute Gasteiger partial charge is 0.342 e. The van der Waals surface area contributed by atoms with Crippen LogP contribution in [0.15, 0.2) is 58.5 Å². The summed E-state index contributed by atoms with van der Waals surface area (Å²) in [6, 6.07) is 15.1. The third-order valence-corrected chi connectivity index (χ3v) is 5.67. The summed E-state index contributed by atoms with van der Waals surface area (Å²) in [5, 5.41) is 18.2. The number of ether oxygens (including phenoxy) is 1. The van der Waals surface area contributed by atoms with E-state index in [0.29, 0.717) is 17.0 Å². The first-order chi connectivity index (χ1) is 15.5. The zero-order valence-electron chi connectivity index (χ0n) is 17.3. The van der Waals surface area contributed by atoms with E-state index in [0.717, 1.165) is 10.6 Å². The number of esters is 1. The Morgan fingerprint density at radius 1 is 1.22 bits per heavy atom. The summed E-state index contributed by atoms with van der Waals surface area (Å²) >= 11 is 1.44. The SMILES string of the molecule is Cc1oc(NC(=O)COC(=O)c2cn(-c3ccccc3)nc2-c2cccs2)c(C#N)c1C. The van der Waals surface area contributed by atoms with Crippen LogP contribution >= 0.6 is 11.3 Å². The van der Waals surface area contributed by atoms with Gasteiger partial charge in [0.15, 0.2) is 6.61 Å². The van der Waals surface area contributed by atoms with Crippen LogP contribution in [-0.2, 0) is 9.53 Å². The number of aromatic nitrogens is 2. The molecule has 9 heteroatoms. The zero-order chi connectivity index (χ0) is 22.7. The number of carbonyl (C=O) groups excluding carboxylic acids is 2. The van der Waals surface area contributed by atoms with E-state index in [-0.39, 0.29) is 17.0 Å². The molecule has 0 fully saturated rings. The number of nitriles is 1. The van der Waals surface area contributed by atoms with Crippen LogP contribution in [0.3, 0.4) is 0 Å². The molecule has 8 nitrogen and oxygen atoms in total. The molecule has 0 aliphatic rings. The molecule has 0 saturated carbocycles. The second-order valence-corrected chi connectivity index (χ2v) is 7.82. The van der Waals surface area contributed by atoms with Gasteiger partial charge in [-0.3, -0.25) is 10.1 Å². The van der Waals surface area contributed by atoms with Gasteiger partial charge in [0, 0.05) is 11.8 Å². The maximum absolute atomic E-state index is 12.8. The number of hydrogen-bond donors (Lipinski definition) is 1. The Morgan fingerprint density at radius 3 is 2.69 bits per heavy atom. The molecule has 0 spiro atoms. The van der Waals surface area contributed by atoms with Gasteiger partial charge < -0.3 is 9.15 Å². The Kier molecular flexibility index (Phi) is 5.87. The van der Waals surface area contributed by atoms with Crippen molar-refractivity contribution >= 4 is 29.1 Å². The molecule has 3 heterocycles. The third-order valence-electron chi connectivity index (χ3n) is 4.79. The minimum Gasteiger partial charge on any atom is -0.452 e. The van der Waals surface area contributed by atoms with Crippen LogP contribution in [0.5, 0.6) is 0 Å². The largest absolute Gasteiger partial charge is 0.452 e. The number of para-hydroxylation sites is 1. The van der Waals surface area contributed by atoms with Gasteiger partial charge in [-0.2, -0.15) is 10.4 Å². The van der Waals surface area contributed by atoms with E-state index in [9.17, 15) is 14.9 Å². The summed E-state index contributed by atoms with van der Waals surface area (Å²) in [5.74, 6) is -0.725. The molecule has 1 aromatic carbocycles. The summed E-state index contributed by atoms with van der Waals surface area (Å²) in [4.78, 5) is 25.9. The normalized spacial score (nSPS) is 10.5. The van der Waals surface area contributed by atoms with E-state index in [1.165, 1.54) is 11.3 Å². The first kappa shape index (κ1) is 21.1. The van der Waals surface area contributed by atoms with Crippen LogP contribution in [-0.4, -0.2) is 28.3 Å². The predicted molar refractivity (Wildman–Crippen MR) is 119 cm³/mol. The quantitative estimate of drug-likeness (QED) is 0.437. The predicted octanol–water partition coefficient (Wildman–Crippen LogP) is 4.48. The standard InChI is InChI=1S/C23H18N4O4S/c1-14-15(2)31-22(17(14)11-24)25-20(28)13-30-23(29)18-12-27(16-7-4-3-5-8-16)26-21(18)19-9-6-10-32-19/h3-10,12H,13H2,1-2H3,(H,25,28). The number of hydrogen-bond acceptors (Lipinski definition) is 7. The molecule has 0 aliphatic carbocycles. The van der Waals surface area contributed by atoms with Gasteiger partial charge in [0.2, 0.25) is 5.88 Å². The second kappa shape index (κ2) is 8.91. The van der Waals surface area contributed by atoms with Crippen LogP contribution in [0.1, 0.15) is 27.2 Å². The van der Waals surface area contributed by atoms with E-state index in [1.54, 1.807) is 24.7 Å². The fourth-order valence-corrected chi connectivity index (χ4v) is 3.78. The highest BCUT2D eigenvalue weighted by Crippen LogP contribution is 2.28. The van der Waals surface area contributed by atoms with Crippen molar-refractivity contribution in [2.24, 2.45) is 0 Å². The number of rotatable bonds is 6. The number of nitrogens with one attached hydrogen (secondary N) is 1. The molecular weight excluding hydrogens is 428 g/mol. The molecule has 1 amide bonds. The molecule has 0 aliphatic heterocycles. The first-order valence-electron chi connectivity index (χ1n) is 9.64. The van der Waals surface area contributed by atoms with Crippen molar-refractivity contribution in [2.45, 2.75) is 13.8 Å². The highest BCUT2D eigenvalue weighted by Gasteiger charge is 2.22. The van der Waals surface area contributed by atoms with Gasteiger partial charge in [0.25, 0.3) is 5.91 Å². The van der Waals surface area contributed by atoms with Crippen LogP contribution < -0.4 is 5.32 Å². The van der Waals surface area contributed by atoms with E-state index >= 15 is 0 Å². The monoisotopic (exact) mass is 446 g/mol. The lowest BCUT2D eigenvalue weighted by Crippen LogP contribution is -2.21. The Balaban J connectivity index is 1.52. The molecule has 32 heavy (non-hydrogen) atoms. The maximum Gasteiger partial charge on any atom is 0.342 e. The van der Waals surface area contributed by atoms with Crippen molar-refractivity contribution in [3.05, 3.63) is 76.5 Å². The number of nitrogens with zero attached hydrogens (tertiary/aromatic N) is 3. The minimum atomic E-state index is -0.682. The summed E-state index contributed by atoms with van der Waals surface area (Å²) in [7, 11) is 0. The Hall–Kier alpha value is -4.16. The Labute approximate surface area is 187 Å². The van der Waals surface area contributed by atoms with Crippen molar-refractivity contribution in [2.75, 3.05) is 11.9 Å². The molecule has 0 atom stereocenters. The van der Waals surface area contributed by atoms with Gasteiger partial charge in [-0.15, -0.1) is 11.3 Å². The molecule has 160 valence electrons. The average Bonchev–Trinajstić information content (AvgIpc) is 3.53. The Morgan fingerprint density at radius 2 is 2.00 bits per heavy atom. The van der Waals surface area contributed by atoms with Crippen molar-refractivity contribution in [3.63, 3.8) is 0 Å². The lowest BCUT2D eigenvalue weighted by molar-refractivity contribution is -0.119. The first-order valence-corrected chi connectivity index (χ1v) is 10.5. The molecule has 4 aromatic rings. The lowest BCUT2D eigenvalue weighted by atomic mass is 10.2. The number of anilines is 1. The molecule has 0 radical (unpaired) electrons.